The Kier molecular flexibility index (Phi) is 6.16. The molecule has 24 heavy (non-hydrogen) atoms. The highest BCUT2D eigenvalue weighted by molar-refractivity contribution is 6.23. The summed E-state index contributed by atoms with van der Waals surface area (Å²) in [5.41, 5.74) is 2.80. The van der Waals surface area contributed by atoms with Gasteiger partial charge in [-0.25, -0.2) is 0 Å². The molecular formula is C15H18N4O5. The van der Waals surface area contributed by atoms with Gasteiger partial charge in [0, 0.05) is 12.1 Å². The van der Waals surface area contributed by atoms with Gasteiger partial charge in [0.1, 0.15) is 5.84 Å². The number of carbonyl (C=O) groups excluding carboxylic acids is 3. The number of aliphatic carboxylic acids is 1. The maximum Gasteiger partial charge on any atom is 0.324 e. The molecule has 0 aromatic heterocycles. The van der Waals surface area contributed by atoms with E-state index >= 15 is 0 Å². The van der Waals surface area contributed by atoms with Crippen molar-refractivity contribution in [2.24, 2.45) is 16.1 Å². The fraction of sp³-hybridized carbons (Fsp3) is 0.267. The third-order valence-electron chi connectivity index (χ3n) is 3.24. The lowest BCUT2D eigenvalue weighted by Crippen LogP contribution is -2.46. The van der Waals surface area contributed by atoms with Crippen LogP contribution in [0.3, 0.4) is 0 Å². The van der Waals surface area contributed by atoms with Gasteiger partial charge in [-0.3, -0.25) is 29.5 Å². The lowest BCUT2D eigenvalue weighted by Gasteiger charge is -2.23. The van der Waals surface area contributed by atoms with Gasteiger partial charge >= 0.3 is 5.97 Å². The predicted octanol–water partition coefficient (Wildman–Crippen LogP) is -1.12. The third-order valence-corrected chi connectivity index (χ3v) is 3.24. The molecule has 1 fully saturated rings. The minimum Gasteiger partial charge on any atom is -0.480 e. The largest absolute Gasteiger partial charge is 0.480 e. The lowest BCUT2D eigenvalue weighted by molar-refractivity contribution is -0.152. The van der Waals surface area contributed by atoms with Crippen LogP contribution >= 0.6 is 0 Å². The van der Waals surface area contributed by atoms with E-state index in [1.165, 1.54) is 12.2 Å². The number of amides is 3. The number of nitrogens with two attached hydrogens (primary N) is 1. The minimum atomic E-state index is -2.36. The van der Waals surface area contributed by atoms with E-state index in [0.29, 0.717) is 0 Å². The molecule has 0 radical (unpaired) electrons. The van der Waals surface area contributed by atoms with E-state index < -0.39 is 41.1 Å². The first-order valence-corrected chi connectivity index (χ1v) is 6.89. The maximum absolute atomic E-state index is 12.3. The highest BCUT2D eigenvalue weighted by Crippen LogP contribution is 2.36. The van der Waals surface area contributed by atoms with Crippen molar-refractivity contribution >= 4 is 29.5 Å². The van der Waals surface area contributed by atoms with Gasteiger partial charge in [0.2, 0.25) is 17.7 Å². The number of aliphatic imine (C=N–C) groups is 1. The highest BCUT2D eigenvalue weighted by atomic mass is 16.4. The lowest BCUT2D eigenvalue weighted by atomic mass is 9.77. The number of nitrogens with one attached hydrogen (secondary N) is 2. The van der Waals surface area contributed by atoms with Crippen molar-refractivity contribution in [3.63, 3.8) is 0 Å². The van der Waals surface area contributed by atoms with E-state index in [1.54, 1.807) is 0 Å². The predicted molar refractivity (Wildman–Crippen MR) is 85.8 cm³/mol. The molecule has 0 spiro atoms. The van der Waals surface area contributed by atoms with Crippen molar-refractivity contribution in [1.82, 2.24) is 10.6 Å². The van der Waals surface area contributed by atoms with Crippen molar-refractivity contribution in [2.45, 2.75) is 6.42 Å². The Balaban J connectivity index is 3.46. The Morgan fingerprint density at radius 1 is 1.38 bits per heavy atom. The van der Waals surface area contributed by atoms with Crippen molar-refractivity contribution < 1.29 is 24.3 Å². The summed E-state index contributed by atoms with van der Waals surface area (Å²) in [7, 11) is 0. The average molecular weight is 334 g/mol. The quantitative estimate of drug-likeness (QED) is 0.110. The number of hydrogen-bond donors (Lipinski definition) is 4. The molecule has 1 unspecified atom stereocenters. The van der Waals surface area contributed by atoms with Crippen LogP contribution in [-0.4, -0.2) is 47.7 Å². The van der Waals surface area contributed by atoms with E-state index in [2.05, 4.69) is 23.5 Å². The molecule has 128 valence electrons. The first-order chi connectivity index (χ1) is 11.3. The van der Waals surface area contributed by atoms with Crippen LogP contribution in [0, 0.1) is 5.41 Å². The van der Waals surface area contributed by atoms with Gasteiger partial charge < -0.3 is 16.2 Å². The van der Waals surface area contributed by atoms with Gasteiger partial charge in [-0.2, -0.15) is 0 Å². The fourth-order valence-electron chi connectivity index (χ4n) is 2.11. The molecule has 0 bridgehead atoms. The minimum absolute atomic E-state index is 0.0329. The molecular weight excluding hydrogens is 316 g/mol. The summed E-state index contributed by atoms with van der Waals surface area (Å²) in [5, 5.41) is 13.8. The Hall–Kier alpha value is -3.23. The van der Waals surface area contributed by atoms with Gasteiger partial charge in [-0.15, -0.1) is 13.2 Å². The molecule has 0 aromatic carbocycles. The SMILES string of the molecule is C=CCN=C(N)C=C(C(=O)NCC=C)C1(C(=O)O)CC(=O)NC1=O. The first-order valence-electron chi connectivity index (χ1n) is 6.89. The number of imide groups is 1. The van der Waals surface area contributed by atoms with E-state index in [9.17, 15) is 24.3 Å². The molecule has 1 aliphatic rings. The highest BCUT2D eigenvalue weighted by Gasteiger charge is 2.57. The smallest absolute Gasteiger partial charge is 0.324 e. The van der Waals surface area contributed by atoms with Crippen LogP contribution in [-0.2, 0) is 19.2 Å². The fourth-order valence-corrected chi connectivity index (χ4v) is 2.11. The monoisotopic (exact) mass is 334 g/mol. The van der Waals surface area contributed by atoms with E-state index in [-0.39, 0.29) is 18.9 Å². The third kappa shape index (κ3) is 3.75. The molecule has 3 amide bonds. The Morgan fingerprint density at radius 2 is 2.04 bits per heavy atom. The molecule has 9 heteroatoms. The Bertz CT molecular complexity index is 665. The number of nitrogens with zero attached hydrogens (tertiary/aromatic N) is 1. The molecule has 1 heterocycles. The number of rotatable bonds is 8. The summed E-state index contributed by atoms with van der Waals surface area (Å²) >= 11 is 0. The zero-order valence-corrected chi connectivity index (χ0v) is 12.9. The summed E-state index contributed by atoms with van der Waals surface area (Å²) in [6.07, 6.45) is 3.09. The summed E-state index contributed by atoms with van der Waals surface area (Å²) in [6.45, 7) is 7.05. The molecule has 1 atom stereocenters. The summed E-state index contributed by atoms with van der Waals surface area (Å²) in [6, 6.07) is 0. The molecule has 1 saturated heterocycles. The van der Waals surface area contributed by atoms with Crippen molar-refractivity contribution in [3.8, 4) is 0 Å². The van der Waals surface area contributed by atoms with Crippen LogP contribution in [0.4, 0.5) is 0 Å². The number of amidine groups is 1. The molecule has 1 aliphatic heterocycles. The standard InChI is InChI=1S/C15H18N4O5/c1-3-5-17-10(16)7-9(12(21)18-6-4-2)15(14(23)24)8-11(20)19-13(15)22/h3-4,7H,1-2,5-6,8H2,(H2,16,17)(H,18,21)(H,23,24)(H,19,20,22). The molecule has 9 nitrogen and oxygen atoms in total. The van der Waals surface area contributed by atoms with Gasteiger partial charge in [0.05, 0.1) is 13.0 Å². The van der Waals surface area contributed by atoms with Gasteiger partial charge in [-0.05, 0) is 6.08 Å². The molecule has 0 aromatic rings. The maximum atomic E-state index is 12.3. The Labute approximate surface area is 138 Å². The van der Waals surface area contributed by atoms with Crippen LogP contribution in [0.15, 0.2) is 42.0 Å². The summed E-state index contributed by atoms with van der Waals surface area (Å²) < 4.78 is 0. The number of carboxylic acid groups (broad SMARTS) is 1. The second-order valence-corrected chi connectivity index (χ2v) is 4.88. The van der Waals surface area contributed by atoms with Crippen LogP contribution in [0.1, 0.15) is 6.42 Å². The van der Waals surface area contributed by atoms with Crippen LogP contribution < -0.4 is 16.4 Å². The summed E-state index contributed by atoms with van der Waals surface area (Å²) in [4.78, 5) is 51.6. The number of carbonyl (C=O) groups is 4. The van der Waals surface area contributed by atoms with Gasteiger partial charge in [-0.1, -0.05) is 12.2 Å². The van der Waals surface area contributed by atoms with E-state index in [4.69, 9.17) is 5.73 Å². The normalized spacial score (nSPS) is 21.2. The average Bonchev–Trinajstić information content (AvgIpc) is 2.83. The van der Waals surface area contributed by atoms with Crippen LogP contribution in [0.25, 0.3) is 0 Å². The molecule has 0 aliphatic carbocycles. The van der Waals surface area contributed by atoms with Gasteiger partial charge in [0.15, 0.2) is 5.41 Å². The second-order valence-electron chi connectivity index (χ2n) is 4.88. The van der Waals surface area contributed by atoms with Crippen LogP contribution in [0.2, 0.25) is 0 Å². The topological polar surface area (TPSA) is 151 Å². The number of carboxylic acids is 1. The zero-order chi connectivity index (χ0) is 18.3. The van der Waals surface area contributed by atoms with E-state index in [1.807, 2.05) is 5.32 Å². The van der Waals surface area contributed by atoms with Crippen LogP contribution in [0.5, 0.6) is 0 Å². The van der Waals surface area contributed by atoms with E-state index in [0.717, 1.165) is 6.08 Å². The molecule has 5 N–H and O–H groups in total. The Morgan fingerprint density at radius 3 is 2.50 bits per heavy atom. The molecule has 0 saturated carbocycles. The summed E-state index contributed by atoms with van der Waals surface area (Å²) in [5.74, 6) is -4.57. The second kappa shape index (κ2) is 7.86. The van der Waals surface area contributed by atoms with Gasteiger partial charge in [0.25, 0.3) is 0 Å². The first kappa shape index (κ1) is 18.8. The van der Waals surface area contributed by atoms with Crippen molar-refractivity contribution in [2.75, 3.05) is 13.1 Å². The van der Waals surface area contributed by atoms with Crippen molar-refractivity contribution in [1.29, 1.82) is 0 Å². The molecule has 1 rings (SSSR count). The number of hydrogen-bond acceptors (Lipinski definition) is 5. The van der Waals surface area contributed by atoms with Crippen molar-refractivity contribution in [3.05, 3.63) is 37.0 Å². The zero-order valence-electron chi connectivity index (χ0n) is 12.9.